The molecule has 0 unspecified atom stereocenters. The number of nitrogens with one attached hydrogen (secondary N) is 1. The summed E-state index contributed by atoms with van der Waals surface area (Å²) in [6.45, 7) is 1.94. The summed E-state index contributed by atoms with van der Waals surface area (Å²) in [5, 5.41) is 4.80. The molecule has 1 saturated heterocycles. The van der Waals surface area contributed by atoms with E-state index in [0.717, 1.165) is 33.6 Å². The van der Waals surface area contributed by atoms with Gasteiger partial charge in [-0.1, -0.05) is 23.7 Å². The number of nitrogens with zero attached hydrogens (tertiary/aromatic N) is 2. The Bertz CT molecular complexity index is 1080. The smallest absolute Gasteiger partial charge is 0.317 e. The lowest BCUT2D eigenvalue weighted by Gasteiger charge is -2.31. The number of benzene rings is 2. The second-order valence-electron chi connectivity index (χ2n) is 7.47. The van der Waals surface area contributed by atoms with Gasteiger partial charge in [0.15, 0.2) is 0 Å². The molecule has 3 aromatic rings. The number of piperidine rings is 1. The van der Waals surface area contributed by atoms with Crippen LogP contribution in [0.15, 0.2) is 42.5 Å². The average Bonchev–Trinajstić information content (AvgIpc) is 3.17. The van der Waals surface area contributed by atoms with Crippen molar-refractivity contribution in [1.82, 2.24) is 15.2 Å². The van der Waals surface area contributed by atoms with Gasteiger partial charge in [-0.3, -0.25) is 4.79 Å². The van der Waals surface area contributed by atoms with E-state index in [9.17, 15) is 9.59 Å². The molecule has 0 saturated carbocycles. The Balaban J connectivity index is 1.26. The van der Waals surface area contributed by atoms with Crippen molar-refractivity contribution in [1.29, 1.82) is 0 Å². The summed E-state index contributed by atoms with van der Waals surface area (Å²) in [7, 11) is 0. The molecule has 156 valence electrons. The molecule has 1 aromatic heterocycles. The van der Waals surface area contributed by atoms with Crippen LogP contribution in [-0.2, 0) is 6.42 Å². The lowest BCUT2D eigenvalue weighted by molar-refractivity contribution is 0.1000. The van der Waals surface area contributed by atoms with Crippen LogP contribution in [0.2, 0.25) is 5.02 Å². The maximum Gasteiger partial charge on any atom is 0.317 e. The number of amides is 3. The van der Waals surface area contributed by atoms with E-state index in [1.807, 2.05) is 29.2 Å². The number of fused-ring (bicyclic) bond motifs is 1. The Labute approximate surface area is 184 Å². The first-order valence-corrected chi connectivity index (χ1v) is 11.2. The van der Waals surface area contributed by atoms with Crippen LogP contribution in [0.25, 0.3) is 10.2 Å². The summed E-state index contributed by atoms with van der Waals surface area (Å²) in [5.74, 6) is -0.0678. The van der Waals surface area contributed by atoms with Crippen molar-refractivity contribution in [3.05, 3.63) is 63.6 Å². The van der Waals surface area contributed by atoms with Crippen molar-refractivity contribution < 1.29 is 9.59 Å². The number of carbonyl (C=O) groups is 2. The van der Waals surface area contributed by atoms with Crippen molar-refractivity contribution >= 4 is 45.1 Å². The van der Waals surface area contributed by atoms with Crippen molar-refractivity contribution in [3.63, 3.8) is 0 Å². The Kier molecular flexibility index (Phi) is 6.20. The molecule has 0 bridgehead atoms. The van der Waals surface area contributed by atoms with Crippen molar-refractivity contribution in [3.8, 4) is 0 Å². The highest BCUT2D eigenvalue weighted by Crippen LogP contribution is 2.34. The zero-order chi connectivity index (χ0) is 21.1. The van der Waals surface area contributed by atoms with Crippen LogP contribution in [-0.4, -0.2) is 41.5 Å². The molecule has 4 rings (SSSR count). The molecular weight excluding hydrogens is 420 g/mol. The van der Waals surface area contributed by atoms with Gasteiger partial charge < -0.3 is 16.0 Å². The summed E-state index contributed by atoms with van der Waals surface area (Å²) in [6.07, 6.45) is 2.46. The molecule has 0 aliphatic carbocycles. The van der Waals surface area contributed by atoms with E-state index < -0.39 is 5.91 Å². The highest BCUT2D eigenvalue weighted by atomic mass is 35.5. The van der Waals surface area contributed by atoms with Crippen LogP contribution < -0.4 is 11.1 Å². The van der Waals surface area contributed by atoms with Gasteiger partial charge in [-0.15, -0.1) is 11.3 Å². The standard InChI is InChI=1S/C22H23ClN4O2S/c23-17-4-5-19-18(13-17)26-21(30-19)15-7-10-27(11-8-15)22(29)25-9-6-14-2-1-3-16(12-14)20(24)28/h1-5,12-13,15H,6-11H2,(H2,24,28)(H,25,29). The van der Waals surface area contributed by atoms with Gasteiger partial charge in [0.05, 0.1) is 15.2 Å². The zero-order valence-corrected chi connectivity index (χ0v) is 18.0. The lowest BCUT2D eigenvalue weighted by atomic mass is 9.98. The predicted molar refractivity (Wildman–Crippen MR) is 120 cm³/mol. The molecular formula is C22H23ClN4O2S. The molecule has 2 heterocycles. The summed E-state index contributed by atoms with van der Waals surface area (Å²) in [5.41, 5.74) is 7.72. The second-order valence-corrected chi connectivity index (χ2v) is 8.97. The number of hydrogen-bond donors (Lipinski definition) is 2. The van der Waals surface area contributed by atoms with E-state index in [0.29, 0.717) is 42.6 Å². The predicted octanol–water partition coefficient (Wildman–Crippen LogP) is 4.18. The monoisotopic (exact) mass is 442 g/mol. The SMILES string of the molecule is NC(=O)c1cccc(CCNC(=O)N2CCC(c3nc4cc(Cl)ccc4s3)CC2)c1. The van der Waals surface area contributed by atoms with Gasteiger partial charge in [0.2, 0.25) is 5.91 Å². The minimum absolute atomic E-state index is 0.0458. The van der Waals surface area contributed by atoms with Gasteiger partial charge in [-0.05, 0) is 55.2 Å². The molecule has 1 aliphatic rings. The molecule has 2 aromatic carbocycles. The van der Waals surface area contributed by atoms with Gasteiger partial charge in [-0.25, -0.2) is 9.78 Å². The molecule has 0 atom stereocenters. The third-order valence-corrected chi connectivity index (χ3v) is 6.83. The zero-order valence-electron chi connectivity index (χ0n) is 16.4. The number of thiazole rings is 1. The van der Waals surface area contributed by atoms with Crippen LogP contribution in [0, 0.1) is 0 Å². The Hall–Kier alpha value is -2.64. The van der Waals surface area contributed by atoms with E-state index in [1.165, 1.54) is 0 Å². The van der Waals surface area contributed by atoms with Gasteiger partial charge in [0.25, 0.3) is 0 Å². The molecule has 0 radical (unpaired) electrons. The van der Waals surface area contributed by atoms with Crippen molar-refractivity contribution in [2.75, 3.05) is 19.6 Å². The van der Waals surface area contributed by atoms with E-state index in [4.69, 9.17) is 22.3 Å². The summed E-state index contributed by atoms with van der Waals surface area (Å²) in [4.78, 5) is 30.4. The number of nitrogens with two attached hydrogens (primary N) is 1. The molecule has 1 aliphatic heterocycles. The first-order valence-electron chi connectivity index (χ1n) is 9.97. The number of urea groups is 1. The normalized spacial score (nSPS) is 14.8. The molecule has 6 nitrogen and oxygen atoms in total. The average molecular weight is 443 g/mol. The third kappa shape index (κ3) is 4.74. The van der Waals surface area contributed by atoms with Gasteiger partial charge in [0, 0.05) is 36.1 Å². The van der Waals surface area contributed by atoms with Gasteiger partial charge in [-0.2, -0.15) is 0 Å². The first kappa shape index (κ1) is 20.6. The number of aromatic nitrogens is 1. The summed E-state index contributed by atoms with van der Waals surface area (Å²) >= 11 is 7.78. The fourth-order valence-corrected chi connectivity index (χ4v) is 5.01. The number of primary amides is 1. The summed E-state index contributed by atoms with van der Waals surface area (Å²) < 4.78 is 1.15. The van der Waals surface area contributed by atoms with Crippen LogP contribution in [0.4, 0.5) is 4.79 Å². The largest absolute Gasteiger partial charge is 0.366 e. The fourth-order valence-electron chi connectivity index (χ4n) is 3.73. The van der Waals surface area contributed by atoms with Crippen LogP contribution in [0.1, 0.15) is 39.7 Å². The number of carbonyl (C=O) groups excluding carboxylic acids is 2. The van der Waals surface area contributed by atoms with Crippen LogP contribution in [0.3, 0.4) is 0 Å². The maximum atomic E-state index is 12.5. The number of rotatable bonds is 5. The molecule has 3 N–H and O–H groups in total. The Morgan fingerprint density at radius 1 is 1.20 bits per heavy atom. The quantitative estimate of drug-likeness (QED) is 0.621. The van der Waals surface area contributed by atoms with Crippen LogP contribution >= 0.6 is 22.9 Å². The minimum Gasteiger partial charge on any atom is -0.366 e. The topological polar surface area (TPSA) is 88.3 Å². The first-order chi connectivity index (χ1) is 14.5. The van der Waals surface area contributed by atoms with E-state index >= 15 is 0 Å². The molecule has 30 heavy (non-hydrogen) atoms. The highest BCUT2D eigenvalue weighted by Gasteiger charge is 2.25. The lowest BCUT2D eigenvalue weighted by Crippen LogP contribution is -2.44. The van der Waals surface area contributed by atoms with Gasteiger partial charge in [0.1, 0.15) is 0 Å². The summed E-state index contributed by atoms with van der Waals surface area (Å²) in [6, 6.07) is 12.9. The van der Waals surface area contributed by atoms with Crippen molar-refractivity contribution in [2.45, 2.75) is 25.2 Å². The number of hydrogen-bond acceptors (Lipinski definition) is 4. The highest BCUT2D eigenvalue weighted by molar-refractivity contribution is 7.18. The molecule has 3 amide bonds. The van der Waals surface area contributed by atoms with Crippen LogP contribution in [0.5, 0.6) is 0 Å². The number of halogens is 1. The Morgan fingerprint density at radius 3 is 2.77 bits per heavy atom. The second kappa shape index (κ2) is 9.02. The molecule has 0 spiro atoms. The number of likely N-dealkylation sites (tertiary alicyclic amines) is 1. The van der Waals surface area contributed by atoms with Gasteiger partial charge >= 0.3 is 6.03 Å². The van der Waals surface area contributed by atoms with E-state index in [-0.39, 0.29) is 6.03 Å². The minimum atomic E-state index is -0.444. The fraction of sp³-hybridized carbons (Fsp3) is 0.318. The van der Waals surface area contributed by atoms with E-state index in [1.54, 1.807) is 29.5 Å². The van der Waals surface area contributed by atoms with E-state index in [2.05, 4.69) is 5.32 Å². The third-order valence-electron chi connectivity index (χ3n) is 5.40. The Morgan fingerprint density at radius 2 is 2.00 bits per heavy atom. The maximum absolute atomic E-state index is 12.5. The molecule has 8 heteroatoms. The molecule has 1 fully saturated rings. The van der Waals surface area contributed by atoms with Crippen molar-refractivity contribution in [2.24, 2.45) is 5.73 Å².